The third-order valence-corrected chi connectivity index (χ3v) is 4.76. The lowest BCUT2D eigenvalue weighted by Gasteiger charge is -2.23. The smallest absolute Gasteiger partial charge is 0.220 e. The molecule has 0 aliphatic rings. The number of nitrogens with zero attached hydrogens (tertiary/aromatic N) is 1. The fourth-order valence-electron chi connectivity index (χ4n) is 3.33. The van der Waals surface area contributed by atoms with E-state index in [2.05, 4.69) is 5.32 Å². The molecule has 4 nitrogen and oxygen atoms in total. The predicted molar refractivity (Wildman–Crippen MR) is 111 cm³/mol. The first kappa shape index (κ1) is 18.8. The number of phenolic OH excluding ortho intramolecular Hbond substituents is 1. The van der Waals surface area contributed by atoms with Gasteiger partial charge in [0.05, 0.1) is 6.04 Å². The average molecular weight is 362 g/mol. The van der Waals surface area contributed by atoms with E-state index in [1.54, 1.807) is 6.07 Å². The number of amides is 1. The Morgan fingerprint density at radius 1 is 1.04 bits per heavy atom. The second-order valence-electron chi connectivity index (χ2n) is 6.96. The number of rotatable bonds is 6. The fraction of sp³-hybridized carbons (Fsp3) is 0.261. The minimum absolute atomic E-state index is 0.0217. The monoisotopic (exact) mass is 362 g/mol. The lowest BCUT2D eigenvalue weighted by atomic mass is 9.92. The summed E-state index contributed by atoms with van der Waals surface area (Å²) in [4.78, 5) is 14.5. The number of hydrogen-bond donors (Lipinski definition) is 2. The lowest BCUT2D eigenvalue weighted by molar-refractivity contribution is -0.121. The highest BCUT2D eigenvalue weighted by molar-refractivity contribution is 5.89. The van der Waals surface area contributed by atoms with Gasteiger partial charge in [-0.1, -0.05) is 49.4 Å². The van der Waals surface area contributed by atoms with Crippen LogP contribution in [0.2, 0.25) is 0 Å². The van der Waals surface area contributed by atoms with Crippen molar-refractivity contribution in [3.05, 3.63) is 71.8 Å². The predicted octanol–water partition coefficient (Wildman–Crippen LogP) is 4.62. The Kier molecular flexibility index (Phi) is 5.65. The van der Waals surface area contributed by atoms with Crippen LogP contribution >= 0.6 is 0 Å². The van der Waals surface area contributed by atoms with E-state index in [0.717, 1.165) is 34.0 Å². The summed E-state index contributed by atoms with van der Waals surface area (Å²) in [6.45, 7) is 1.98. The Bertz CT molecular complexity index is 933. The highest BCUT2D eigenvalue weighted by Crippen LogP contribution is 2.36. The van der Waals surface area contributed by atoms with E-state index < -0.39 is 6.04 Å². The Balaban J connectivity index is 2.13. The van der Waals surface area contributed by atoms with E-state index in [-0.39, 0.29) is 11.7 Å². The van der Waals surface area contributed by atoms with E-state index in [1.807, 2.05) is 80.5 Å². The van der Waals surface area contributed by atoms with Gasteiger partial charge in [-0.15, -0.1) is 0 Å². The zero-order valence-electron chi connectivity index (χ0n) is 16.1. The van der Waals surface area contributed by atoms with Gasteiger partial charge in [0.25, 0.3) is 0 Å². The molecule has 0 aromatic heterocycles. The summed E-state index contributed by atoms with van der Waals surface area (Å²) in [6.07, 6.45) is 1.23. The minimum Gasteiger partial charge on any atom is -0.508 e. The average Bonchev–Trinajstić information content (AvgIpc) is 2.67. The molecule has 0 aliphatic carbocycles. The molecular weight excluding hydrogens is 336 g/mol. The van der Waals surface area contributed by atoms with Gasteiger partial charge >= 0.3 is 0 Å². The molecule has 3 aromatic rings. The number of aromatic hydroxyl groups is 1. The van der Waals surface area contributed by atoms with Gasteiger partial charge in [-0.3, -0.25) is 4.79 Å². The maximum absolute atomic E-state index is 12.4. The summed E-state index contributed by atoms with van der Waals surface area (Å²) >= 11 is 0. The second-order valence-corrected chi connectivity index (χ2v) is 6.96. The van der Waals surface area contributed by atoms with Crippen molar-refractivity contribution in [3.63, 3.8) is 0 Å². The molecule has 0 saturated carbocycles. The standard InChI is InChI=1S/C23H26N2O2/c1-4-7-21(27)24-23(17-10-13-18(14-11-17)25(2)3)22-19-9-6-5-8-16(19)12-15-20(22)26/h5-6,8-15,23,26H,4,7H2,1-3H3,(H,24,27)/t23-/m1/s1. The zero-order valence-corrected chi connectivity index (χ0v) is 16.1. The van der Waals surface area contributed by atoms with Crippen molar-refractivity contribution >= 4 is 22.4 Å². The first-order valence-corrected chi connectivity index (χ1v) is 9.28. The number of carbonyl (C=O) groups is 1. The van der Waals surface area contributed by atoms with Crippen molar-refractivity contribution in [1.82, 2.24) is 5.32 Å². The normalized spacial score (nSPS) is 12.0. The number of anilines is 1. The minimum atomic E-state index is -0.411. The van der Waals surface area contributed by atoms with E-state index >= 15 is 0 Å². The number of hydrogen-bond acceptors (Lipinski definition) is 3. The molecule has 4 heteroatoms. The Morgan fingerprint density at radius 3 is 2.41 bits per heavy atom. The molecular formula is C23H26N2O2. The van der Waals surface area contributed by atoms with Crippen LogP contribution < -0.4 is 10.2 Å². The molecule has 2 N–H and O–H groups in total. The molecule has 0 aliphatic heterocycles. The topological polar surface area (TPSA) is 52.6 Å². The molecule has 1 atom stereocenters. The van der Waals surface area contributed by atoms with Gasteiger partial charge in [-0.05, 0) is 41.0 Å². The number of nitrogens with one attached hydrogen (secondary N) is 1. The Morgan fingerprint density at radius 2 is 1.74 bits per heavy atom. The summed E-state index contributed by atoms with van der Waals surface area (Å²) in [5.41, 5.74) is 2.76. The van der Waals surface area contributed by atoms with Crippen LogP contribution in [0.3, 0.4) is 0 Å². The molecule has 0 fully saturated rings. The highest BCUT2D eigenvalue weighted by atomic mass is 16.3. The molecule has 0 spiro atoms. The van der Waals surface area contributed by atoms with Crippen LogP contribution in [0.15, 0.2) is 60.7 Å². The van der Waals surface area contributed by atoms with Crippen molar-refractivity contribution < 1.29 is 9.90 Å². The number of carbonyl (C=O) groups excluding carboxylic acids is 1. The molecule has 0 heterocycles. The van der Waals surface area contributed by atoms with E-state index in [4.69, 9.17) is 0 Å². The number of fused-ring (bicyclic) bond motifs is 1. The molecule has 0 bridgehead atoms. The maximum Gasteiger partial charge on any atom is 0.220 e. The van der Waals surface area contributed by atoms with Crippen molar-refractivity contribution in [1.29, 1.82) is 0 Å². The van der Waals surface area contributed by atoms with Gasteiger partial charge in [-0.25, -0.2) is 0 Å². The Hall–Kier alpha value is -3.01. The van der Waals surface area contributed by atoms with Crippen LogP contribution in [0.5, 0.6) is 5.75 Å². The lowest BCUT2D eigenvalue weighted by Crippen LogP contribution is -2.29. The van der Waals surface area contributed by atoms with E-state index in [0.29, 0.717) is 6.42 Å². The molecule has 140 valence electrons. The van der Waals surface area contributed by atoms with Gasteiger partial charge in [0.2, 0.25) is 5.91 Å². The maximum atomic E-state index is 12.4. The van der Waals surface area contributed by atoms with Gasteiger partial charge in [-0.2, -0.15) is 0 Å². The number of benzene rings is 3. The summed E-state index contributed by atoms with van der Waals surface area (Å²) in [5.74, 6) is 0.165. The summed E-state index contributed by atoms with van der Waals surface area (Å²) in [5, 5.41) is 15.8. The zero-order chi connectivity index (χ0) is 19.4. The molecule has 27 heavy (non-hydrogen) atoms. The van der Waals surface area contributed by atoms with Gasteiger partial charge in [0.15, 0.2) is 0 Å². The van der Waals surface area contributed by atoms with Crippen molar-refractivity contribution in [3.8, 4) is 5.75 Å². The Labute approximate surface area is 160 Å². The van der Waals surface area contributed by atoms with Crippen molar-refractivity contribution in [2.24, 2.45) is 0 Å². The van der Waals surface area contributed by atoms with Crippen LogP contribution in [-0.2, 0) is 4.79 Å². The molecule has 0 radical (unpaired) electrons. The summed E-state index contributed by atoms with van der Waals surface area (Å²) in [7, 11) is 3.98. The fourth-order valence-corrected chi connectivity index (χ4v) is 3.33. The molecule has 0 saturated heterocycles. The first-order valence-electron chi connectivity index (χ1n) is 9.28. The van der Waals surface area contributed by atoms with Crippen molar-refractivity contribution in [2.75, 3.05) is 19.0 Å². The molecule has 1 amide bonds. The van der Waals surface area contributed by atoms with Gasteiger partial charge in [0.1, 0.15) is 5.75 Å². The third-order valence-electron chi connectivity index (χ3n) is 4.76. The van der Waals surface area contributed by atoms with Crippen LogP contribution in [0, 0.1) is 0 Å². The quantitative estimate of drug-likeness (QED) is 0.673. The van der Waals surface area contributed by atoms with Crippen molar-refractivity contribution in [2.45, 2.75) is 25.8 Å². The second kappa shape index (κ2) is 8.12. The SMILES string of the molecule is CCCC(=O)N[C@H](c1ccc(N(C)C)cc1)c1c(O)ccc2ccccc12. The highest BCUT2D eigenvalue weighted by Gasteiger charge is 2.22. The largest absolute Gasteiger partial charge is 0.508 e. The van der Waals surface area contributed by atoms with Gasteiger partial charge in [0, 0.05) is 31.8 Å². The summed E-state index contributed by atoms with van der Waals surface area (Å²) in [6, 6.07) is 19.2. The van der Waals surface area contributed by atoms with E-state index in [9.17, 15) is 9.90 Å². The van der Waals surface area contributed by atoms with Crippen LogP contribution in [0.25, 0.3) is 10.8 Å². The van der Waals surface area contributed by atoms with Gasteiger partial charge < -0.3 is 15.3 Å². The third kappa shape index (κ3) is 4.05. The number of phenols is 1. The first-order chi connectivity index (χ1) is 13.0. The van der Waals surface area contributed by atoms with Crippen LogP contribution in [-0.4, -0.2) is 25.1 Å². The van der Waals surface area contributed by atoms with E-state index in [1.165, 1.54) is 0 Å². The molecule has 3 rings (SSSR count). The molecule has 3 aromatic carbocycles. The summed E-state index contributed by atoms with van der Waals surface area (Å²) < 4.78 is 0. The molecule has 0 unspecified atom stereocenters. The van der Waals surface area contributed by atoms with Crippen LogP contribution in [0.1, 0.15) is 36.9 Å². The van der Waals surface area contributed by atoms with Crippen LogP contribution in [0.4, 0.5) is 5.69 Å².